The van der Waals surface area contributed by atoms with Crippen LogP contribution in [0.25, 0.3) is 0 Å². The molecule has 0 saturated heterocycles. The Morgan fingerprint density at radius 1 is 0.933 bits per heavy atom. The zero-order chi connectivity index (χ0) is 21.3. The van der Waals surface area contributed by atoms with Crippen LogP contribution >= 0.6 is 11.8 Å². The van der Waals surface area contributed by atoms with Crippen LogP contribution in [0.2, 0.25) is 0 Å². The van der Waals surface area contributed by atoms with Gasteiger partial charge in [0.1, 0.15) is 5.60 Å². The first kappa shape index (κ1) is 20.4. The minimum absolute atomic E-state index is 0.231. The van der Waals surface area contributed by atoms with E-state index in [1.54, 1.807) is 11.8 Å². The molecular weight excluding hydrogens is 392 g/mol. The van der Waals surface area contributed by atoms with Gasteiger partial charge in [0.15, 0.2) is 0 Å². The van der Waals surface area contributed by atoms with E-state index < -0.39 is 11.7 Å². The second-order valence-corrected chi connectivity index (χ2v) is 9.53. The van der Waals surface area contributed by atoms with E-state index in [1.165, 1.54) is 20.9 Å². The van der Waals surface area contributed by atoms with Crippen LogP contribution in [0, 0.1) is 0 Å². The third-order valence-electron chi connectivity index (χ3n) is 4.94. The molecule has 0 aromatic heterocycles. The van der Waals surface area contributed by atoms with E-state index in [2.05, 4.69) is 60.0 Å². The summed E-state index contributed by atoms with van der Waals surface area (Å²) in [4.78, 5) is 14.4. The second kappa shape index (κ2) is 8.07. The van der Waals surface area contributed by atoms with E-state index in [0.717, 1.165) is 17.1 Å². The molecular formula is C25H26N2O2S. The number of anilines is 3. The van der Waals surface area contributed by atoms with Gasteiger partial charge >= 0.3 is 6.09 Å². The van der Waals surface area contributed by atoms with Crippen LogP contribution in [0.15, 0.2) is 76.5 Å². The first-order valence-corrected chi connectivity index (χ1v) is 10.9. The predicted octanol–water partition coefficient (Wildman–Crippen LogP) is 7.39. The second-order valence-electron chi connectivity index (χ2n) is 8.45. The average molecular weight is 419 g/mol. The highest BCUT2D eigenvalue weighted by atomic mass is 32.2. The van der Waals surface area contributed by atoms with Gasteiger partial charge in [-0.3, -0.25) is 5.32 Å². The summed E-state index contributed by atoms with van der Waals surface area (Å²) in [5.41, 5.74) is 4.93. The first-order chi connectivity index (χ1) is 14.3. The third-order valence-corrected chi connectivity index (χ3v) is 6.09. The number of ether oxygens (including phenoxy) is 1. The van der Waals surface area contributed by atoms with Gasteiger partial charge in [-0.15, -0.1) is 0 Å². The molecule has 154 valence electrons. The highest BCUT2D eigenvalue weighted by molar-refractivity contribution is 7.99. The molecule has 0 saturated carbocycles. The molecule has 5 heteroatoms. The van der Waals surface area contributed by atoms with Gasteiger partial charge in [-0.25, -0.2) is 4.79 Å². The fourth-order valence-electron chi connectivity index (χ4n) is 3.40. The number of para-hydroxylation sites is 1. The van der Waals surface area contributed by atoms with E-state index in [0.29, 0.717) is 0 Å². The third kappa shape index (κ3) is 4.62. The number of fused-ring (bicyclic) bond motifs is 2. The molecule has 0 aliphatic carbocycles. The molecule has 1 aliphatic heterocycles. The maximum Gasteiger partial charge on any atom is 0.412 e. The number of rotatable bonds is 3. The van der Waals surface area contributed by atoms with Crippen LogP contribution in [0.3, 0.4) is 0 Å². The molecule has 2 N–H and O–H groups in total. The molecule has 30 heavy (non-hydrogen) atoms. The van der Waals surface area contributed by atoms with Gasteiger partial charge in [-0.2, -0.15) is 0 Å². The van der Waals surface area contributed by atoms with Gasteiger partial charge < -0.3 is 10.1 Å². The summed E-state index contributed by atoms with van der Waals surface area (Å²) in [5, 5.41) is 6.34. The molecule has 3 aromatic rings. The Bertz CT molecular complexity index is 1070. The molecule has 1 unspecified atom stereocenters. The zero-order valence-electron chi connectivity index (χ0n) is 17.7. The first-order valence-electron chi connectivity index (χ1n) is 10.1. The highest BCUT2D eigenvalue weighted by Gasteiger charge is 2.18. The molecule has 3 aromatic carbocycles. The Morgan fingerprint density at radius 3 is 2.33 bits per heavy atom. The van der Waals surface area contributed by atoms with Crippen LogP contribution in [0.5, 0.6) is 0 Å². The van der Waals surface area contributed by atoms with Crippen molar-refractivity contribution < 1.29 is 9.53 Å². The quantitative estimate of drug-likeness (QED) is 0.364. The summed E-state index contributed by atoms with van der Waals surface area (Å²) < 4.78 is 5.31. The average Bonchev–Trinajstić information content (AvgIpc) is 2.70. The molecule has 4 rings (SSSR count). The number of hydrogen-bond acceptors (Lipinski definition) is 4. The standard InChI is InChI=1S/C25H26N2O2S/c1-16(17-9-12-19(13-10-17)26-24(28)29-25(2,3)4)18-11-14-23-21(15-18)27-20-7-5-6-8-22(20)30-23/h5-16,27H,1-4H3,(H,26,28). The van der Waals surface area contributed by atoms with Crippen LogP contribution in [0.4, 0.5) is 21.9 Å². The van der Waals surface area contributed by atoms with Crippen LogP contribution < -0.4 is 10.6 Å². The topological polar surface area (TPSA) is 50.4 Å². The van der Waals surface area contributed by atoms with Gasteiger partial charge in [0.25, 0.3) is 0 Å². The summed E-state index contributed by atoms with van der Waals surface area (Å²) in [6.45, 7) is 7.74. The zero-order valence-corrected chi connectivity index (χ0v) is 18.5. The fraction of sp³-hybridized carbons (Fsp3) is 0.240. The maximum atomic E-state index is 12.0. The molecule has 1 amide bonds. The summed E-state index contributed by atoms with van der Waals surface area (Å²) in [7, 11) is 0. The normalized spacial score (nSPS) is 13.5. The maximum absolute atomic E-state index is 12.0. The molecule has 0 fully saturated rings. The smallest absolute Gasteiger partial charge is 0.412 e. The lowest BCUT2D eigenvalue weighted by Gasteiger charge is -2.23. The Hall–Kier alpha value is -2.92. The minimum Gasteiger partial charge on any atom is -0.444 e. The van der Waals surface area contributed by atoms with Gasteiger partial charge in [-0.05, 0) is 68.3 Å². The van der Waals surface area contributed by atoms with Crippen molar-refractivity contribution in [2.24, 2.45) is 0 Å². The van der Waals surface area contributed by atoms with Crippen molar-refractivity contribution in [3.63, 3.8) is 0 Å². The monoisotopic (exact) mass is 418 g/mol. The molecule has 1 atom stereocenters. The molecule has 1 heterocycles. The Morgan fingerprint density at radius 2 is 1.60 bits per heavy atom. The molecule has 0 bridgehead atoms. The van der Waals surface area contributed by atoms with Crippen LogP contribution in [-0.2, 0) is 4.74 Å². The number of carbonyl (C=O) groups excluding carboxylic acids is 1. The minimum atomic E-state index is -0.516. The van der Waals surface area contributed by atoms with E-state index in [9.17, 15) is 4.79 Å². The summed E-state index contributed by atoms with van der Waals surface area (Å²) >= 11 is 1.80. The summed E-state index contributed by atoms with van der Waals surface area (Å²) in [6, 6.07) is 22.9. The van der Waals surface area contributed by atoms with Crippen molar-refractivity contribution in [2.45, 2.75) is 49.0 Å². The Labute approximate surface area is 182 Å². The number of amides is 1. The highest BCUT2D eigenvalue weighted by Crippen LogP contribution is 2.45. The van der Waals surface area contributed by atoms with Gasteiger partial charge in [-0.1, -0.05) is 49.0 Å². The van der Waals surface area contributed by atoms with E-state index in [4.69, 9.17) is 4.74 Å². The Kier molecular flexibility index (Phi) is 5.48. The van der Waals surface area contributed by atoms with Crippen LogP contribution in [-0.4, -0.2) is 11.7 Å². The molecule has 0 radical (unpaired) electrons. The van der Waals surface area contributed by atoms with Crippen molar-refractivity contribution in [3.8, 4) is 0 Å². The number of nitrogens with one attached hydrogen (secondary N) is 2. The van der Waals surface area contributed by atoms with Crippen molar-refractivity contribution in [1.82, 2.24) is 0 Å². The van der Waals surface area contributed by atoms with Crippen molar-refractivity contribution in [2.75, 3.05) is 10.6 Å². The van der Waals surface area contributed by atoms with Gasteiger partial charge in [0, 0.05) is 21.4 Å². The number of benzene rings is 3. The van der Waals surface area contributed by atoms with Crippen LogP contribution in [0.1, 0.15) is 44.7 Å². The van der Waals surface area contributed by atoms with E-state index >= 15 is 0 Å². The molecule has 1 aliphatic rings. The molecule has 4 nitrogen and oxygen atoms in total. The number of hydrogen-bond donors (Lipinski definition) is 2. The lowest BCUT2D eigenvalue weighted by molar-refractivity contribution is 0.0636. The predicted molar refractivity (Wildman–Crippen MR) is 124 cm³/mol. The van der Waals surface area contributed by atoms with Crippen molar-refractivity contribution in [1.29, 1.82) is 0 Å². The van der Waals surface area contributed by atoms with E-state index in [-0.39, 0.29) is 5.92 Å². The summed E-state index contributed by atoms with van der Waals surface area (Å²) in [5.74, 6) is 0.231. The van der Waals surface area contributed by atoms with Gasteiger partial charge in [0.05, 0.1) is 11.4 Å². The lowest BCUT2D eigenvalue weighted by atomic mass is 9.92. The largest absolute Gasteiger partial charge is 0.444 e. The van der Waals surface area contributed by atoms with Crippen molar-refractivity contribution >= 4 is 34.9 Å². The van der Waals surface area contributed by atoms with Gasteiger partial charge in [0.2, 0.25) is 0 Å². The fourth-order valence-corrected chi connectivity index (χ4v) is 4.36. The van der Waals surface area contributed by atoms with Crippen molar-refractivity contribution in [3.05, 3.63) is 77.9 Å². The Balaban J connectivity index is 1.47. The van der Waals surface area contributed by atoms with E-state index in [1.807, 2.05) is 45.0 Å². The number of carbonyl (C=O) groups is 1. The SMILES string of the molecule is CC(c1ccc(NC(=O)OC(C)(C)C)cc1)c1ccc2c(c1)Nc1ccccc1S2. The molecule has 0 spiro atoms. The lowest BCUT2D eigenvalue weighted by Crippen LogP contribution is -2.27. The summed E-state index contributed by atoms with van der Waals surface area (Å²) in [6.07, 6.45) is -0.443.